The van der Waals surface area contributed by atoms with Crippen LogP contribution >= 0.6 is 7.82 Å². The number of phosphoric ester groups is 1. The van der Waals surface area contributed by atoms with Crippen LogP contribution in [0.4, 0.5) is 0 Å². The summed E-state index contributed by atoms with van der Waals surface area (Å²) in [6.45, 7) is 4.81. The topological polar surface area (TPSA) is 138 Å². The Hall–Kier alpha value is -1.37. The molecule has 2 aliphatic heterocycles. The summed E-state index contributed by atoms with van der Waals surface area (Å²) in [5.41, 5.74) is -1.13. The van der Waals surface area contributed by atoms with Crippen molar-refractivity contribution < 1.29 is 37.2 Å². The summed E-state index contributed by atoms with van der Waals surface area (Å²) < 4.78 is 45.6. The Bertz CT molecular complexity index is 1350. The maximum Gasteiger partial charge on any atom is 0.472 e. The van der Waals surface area contributed by atoms with Gasteiger partial charge in [-0.05, 0) is 12.8 Å². The van der Waals surface area contributed by atoms with Crippen molar-refractivity contribution in [3.8, 4) is 0 Å². The standard InChI is InChI=1S/C45H84N3O9P/c1-6-8-10-12-14-16-18-20-22-24-26-28-30-33-45(34-31-29-27-25-23-21-19-17-15-13-11-9-7-2)56-41-39(38-54-58(51,52)53-37-36-48(3,4)5)55-43(42(41)57-45)47-35-32-40(49)46-44(47)50/h32,35,39,41-43H,6-31,33-34,36-38H2,1-5H3,(H-,46,49,50,51,52)/p+1/t39-,41-,42-,43-/m1/s1. The van der Waals surface area contributed by atoms with E-state index in [0.29, 0.717) is 23.9 Å². The third kappa shape index (κ3) is 20.5. The first-order valence-corrected chi connectivity index (χ1v) is 25.1. The van der Waals surface area contributed by atoms with E-state index in [4.69, 9.17) is 23.3 Å². The summed E-state index contributed by atoms with van der Waals surface area (Å²) in [5.74, 6) is -0.874. The number of phosphoric acid groups is 1. The zero-order valence-corrected chi connectivity index (χ0v) is 38.3. The van der Waals surface area contributed by atoms with E-state index in [1.165, 1.54) is 158 Å². The molecule has 5 atom stereocenters. The quantitative estimate of drug-likeness (QED) is 0.0384. The van der Waals surface area contributed by atoms with Gasteiger partial charge < -0.3 is 23.6 Å². The fourth-order valence-corrected chi connectivity index (χ4v) is 9.03. The van der Waals surface area contributed by atoms with Crippen LogP contribution in [0.5, 0.6) is 0 Å². The first-order valence-electron chi connectivity index (χ1n) is 23.6. The summed E-state index contributed by atoms with van der Waals surface area (Å²) >= 11 is 0. The predicted molar refractivity (Wildman–Crippen MR) is 233 cm³/mol. The van der Waals surface area contributed by atoms with Crippen molar-refractivity contribution in [2.45, 2.75) is 224 Å². The van der Waals surface area contributed by atoms with Gasteiger partial charge in [0.2, 0.25) is 0 Å². The summed E-state index contributed by atoms with van der Waals surface area (Å²) in [5, 5.41) is 0. The number of nitrogens with zero attached hydrogens (tertiary/aromatic N) is 2. The minimum absolute atomic E-state index is 0.0468. The highest BCUT2D eigenvalue weighted by atomic mass is 31.2. The van der Waals surface area contributed by atoms with E-state index in [1.807, 2.05) is 21.1 Å². The van der Waals surface area contributed by atoms with Gasteiger partial charge in [-0.25, -0.2) is 9.36 Å². The summed E-state index contributed by atoms with van der Waals surface area (Å²) in [4.78, 5) is 37.8. The number of unbranched alkanes of at least 4 members (excludes halogenated alkanes) is 24. The fraction of sp³-hybridized carbons (Fsp3) is 0.911. The lowest BCUT2D eigenvalue weighted by Crippen LogP contribution is -2.38. The van der Waals surface area contributed by atoms with Crippen LogP contribution in [0, 0.1) is 0 Å². The molecule has 0 aliphatic carbocycles. The average molecular weight is 843 g/mol. The molecule has 0 aromatic carbocycles. The Balaban J connectivity index is 1.60. The molecule has 1 unspecified atom stereocenters. The molecule has 0 saturated carbocycles. The minimum Gasteiger partial charge on any atom is -0.346 e. The lowest BCUT2D eigenvalue weighted by molar-refractivity contribution is -0.870. The van der Waals surface area contributed by atoms with Crippen molar-refractivity contribution in [2.75, 3.05) is 40.9 Å². The van der Waals surface area contributed by atoms with Crippen LogP contribution in [-0.2, 0) is 27.8 Å². The molecule has 2 fully saturated rings. The highest BCUT2D eigenvalue weighted by Gasteiger charge is 2.58. The van der Waals surface area contributed by atoms with Gasteiger partial charge in [-0.15, -0.1) is 0 Å². The number of fused-ring (bicyclic) bond motifs is 1. The largest absolute Gasteiger partial charge is 0.472 e. The van der Waals surface area contributed by atoms with Crippen LogP contribution in [0.25, 0.3) is 0 Å². The van der Waals surface area contributed by atoms with Gasteiger partial charge in [-0.1, -0.05) is 168 Å². The third-order valence-electron chi connectivity index (χ3n) is 11.9. The number of nitrogens with one attached hydrogen (secondary N) is 1. The molecule has 338 valence electrons. The molecular formula is C45H85N3O9P+. The van der Waals surface area contributed by atoms with Crippen LogP contribution < -0.4 is 11.2 Å². The number of quaternary nitrogens is 1. The second-order valence-corrected chi connectivity index (χ2v) is 19.7. The highest BCUT2D eigenvalue weighted by molar-refractivity contribution is 7.47. The van der Waals surface area contributed by atoms with Gasteiger partial charge in [-0.2, -0.15) is 0 Å². The van der Waals surface area contributed by atoms with Gasteiger partial charge in [-0.3, -0.25) is 23.4 Å². The number of likely N-dealkylation sites (N-methyl/N-ethyl adjacent to an activating group) is 1. The summed E-state index contributed by atoms with van der Waals surface area (Å²) in [6.07, 6.45) is 32.7. The molecule has 0 amide bonds. The smallest absolute Gasteiger partial charge is 0.346 e. The number of rotatable bonds is 36. The molecule has 1 aromatic heterocycles. The maximum absolute atomic E-state index is 13.0. The average Bonchev–Trinajstić information content (AvgIpc) is 3.70. The first kappa shape index (κ1) is 51.0. The van der Waals surface area contributed by atoms with Gasteiger partial charge in [0, 0.05) is 25.1 Å². The van der Waals surface area contributed by atoms with Crippen LogP contribution in [-0.4, -0.2) is 83.9 Å². The molecular weight excluding hydrogens is 757 g/mol. The first-order chi connectivity index (χ1) is 27.9. The molecule has 12 nitrogen and oxygen atoms in total. The van der Waals surface area contributed by atoms with E-state index in [0.717, 1.165) is 25.7 Å². The zero-order valence-electron chi connectivity index (χ0n) is 37.4. The van der Waals surface area contributed by atoms with Crippen molar-refractivity contribution in [3.05, 3.63) is 33.1 Å². The normalized spacial score (nSPS) is 21.4. The second-order valence-electron chi connectivity index (χ2n) is 18.3. The van der Waals surface area contributed by atoms with Gasteiger partial charge in [0.05, 0.1) is 27.7 Å². The Kier molecular flexibility index (Phi) is 24.9. The van der Waals surface area contributed by atoms with Crippen LogP contribution in [0.3, 0.4) is 0 Å². The Morgan fingerprint density at radius 1 is 0.690 bits per heavy atom. The number of hydrogen-bond donors (Lipinski definition) is 2. The van der Waals surface area contributed by atoms with E-state index in [-0.39, 0.29) is 13.2 Å². The van der Waals surface area contributed by atoms with E-state index in [2.05, 4.69) is 18.8 Å². The minimum atomic E-state index is -4.40. The zero-order chi connectivity index (χ0) is 42.1. The highest BCUT2D eigenvalue weighted by Crippen LogP contribution is 2.49. The number of H-pyrrole nitrogens is 1. The fourth-order valence-electron chi connectivity index (χ4n) is 8.31. The van der Waals surface area contributed by atoms with Gasteiger partial charge in [0.25, 0.3) is 5.56 Å². The van der Waals surface area contributed by atoms with Gasteiger partial charge in [0.1, 0.15) is 31.5 Å². The Labute approximate surface area is 351 Å². The summed E-state index contributed by atoms with van der Waals surface area (Å²) in [7, 11) is 1.51. The molecule has 1 aromatic rings. The summed E-state index contributed by atoms with van der Waals surface area (Å²) in [6, 6.07) is 1.28. The number of aromatic amines is 1. The van der Waals surface area contributed by atoms with Crippen LogP contribution in [0.15, 0.2) is 21.9 Å². The molecule has 3 heterocycles. The van der Waals surface area contributed by atoms with Crippen LogP contribution in [0.2, 0.25) is 0 Å². The monoisotopic (exact) mass is 843 g/mol. The molecule has 0 radical (unpaired) electrons. The van der Waals surface area contributed by atoms with Crippen molar-refractivity contribution >= 4 is 7.82 Å². The molecule has 13 heteroatoms. The van der Waals surface area contributed by atoms with Crippen molar-refractivity contribution in [3.63, 3.8) is 0 Å². The Morgan fingerprint density at radius 3 is 1.55 bits per heavy atom. The molecule has 58 heavy (non-hydrogen) atoms. The predicted octanol–water partition coefficient (Wildman–Crippen LogP) is 10.7. The molecule has 2 saturated heterocycles. The number of hydrogen-bond acceptors (Lipinski definition) is 8. The lowest BCUT2D eigenvalue weighted by Gasteiger charge is -2.32. The molecule has 0 spiro atoms. The van der Waals surface area contributed by atoms with Gasteiger partial charge in [0.15, 0.2) is 12.0 Å². The molecule has 2 aliphatic rings. The molecule has 3 rings (SSSR count). The number of aromatic nitrogens is 2. The van der Waals surface area contributed by atoms with E-state index < -0.39 is 49.4 Å². The Morgan fingerprint density at radius 2 is 1.12 bits per heavy atom. The third-order valence-corrected chi connectivity index (χ3v) is 12.8. The van der Waals surface area contributed by atoms with Crippen molar-refractivity contribution in [2.24, 2.45) is 0 Å². The maximum atomic E-state index is 13.0. The van der Waals surface area contributed by atoms with E-state index in [9.17, 15) is 19.0 Å². The van der Waals surface area contributed by atoms with Gasteiger partial charge >= 0.3 is 13.5 Å². The number of ether oxygens (including phenoxy) is 3. The van der Waals surface area contributed by atoms with Crippen LogP contribution in [0.1, 0.15) is 200 Å². The van der Waals surface area contributed by atoms with E-state index in [1.54, 1.807) is 0 Å². The van der Waals surface area contributed by atoms with E-state index >= 15 is 0 Å². The van der Waals surface area contributed by atoms with Crippen molar-refractivity contribution in [1.29, 1.82) is 0 Å². The SMILES string of the molecule is CCCCCCCCCCCCCCCC1(CCCCCCCCCCCCCCC)O[C@@H]2[C@H](O1)[C@@H](COP(=O)(O)OCC[N+](C)(C)C)O[C@H]2n1ccc(=O)[nH]c1=O. The molecule has 0 bridgehead atoms. The second kappa shape index (κ2) is 28.3. The lowest BCUT2D eigenvalue weighted by atomic mass is 9.98. The van der Waals surface area contributed by atoms with Crippen molar-refractivity contribution in [1.82, 2.24) is 9.55 Å². The molecule has 2 N–H and O–H groups in total.